The monoisotopic (exact) mass is 371 g/mol. The fourth-order valence-corrected chi connectivity index (χ4v) is 7.03. The van der Waals surface area contributed by atoms with Crippen molar-refractivity contribution in [3.05, 3.63) is 22.3 Å². The first-order valence-corrected chi connectivity index (χ1v) is 11.7. The summed E-state index contributed by atoms with van der Waals surface area (Å²) >= 11 is 1.76. The Hall–Kier alpha value is -1.03. The van der Waals surface area contributed by atoms with Crippen LogP contribution in [0.15, 0.2) is 22.3 Å². The number of carbonyl (C=O) groups excluding carboxylic acids is 2. The van der Waals surface area contributed by atoms with Crippen molar-refractivity contribution < 1.29 is 9.59 Å². The Labute approximate surface area is 160 Å². The second kappa shape index (κ2) is 6.85. The molecule has 3 nitrogen and oxygen atoms in total. The van der Waals surface area contributed by atoms with Crippen LogP contribution in [0.5, 0.6) is 0 Å². The van der Waals surface area contributed by atoms with E-state index in [0.717, 1.165) is 31.4 Å². The predicted octanol–water partition coefficient (Wildman–Crippen LogP) is 4.77. The first kappa shape index (κ1) is 17.1. The molecule has 2 amide bonds. The third kappa shape index (κ3) is 2.89. The molecule has 1 atom stereocenters. The number of likely N-dealkylation sites (tertiary alicyclic amines) is 1. The molecule has 4 aliphatic carbocycles. The van der Waals surface area contributed by atoms with Gasteiger partial charge in [-0.1, -0.05) is 43.3 Å². The summed E-state index contributed by atoms with van der Waals surface area (Å²) in [4.78, 5) is 27.2. The van der Waals surface area contributed by atoms with Crippen molar-refractivity contribution in [2.24, 2.45) is 5.92 Å². The van der Waals surface area contributed by atoms with E-state index in [4.69, 9.17) is 0 Å². The Morgan fingerprint density at radius 1 is 0.885 bits per heavy atom. The van der Waals surface area contributed by atoms with Gasteiger partial charge in [0.2, 0.25) is 11.8 Å². The van der Waals surface area contributed by atoms with E-state index in [1.165, 1.54) is 44.9 Å². The second-order valence-electron chi connectivity index (χ2n) is 8.74. The van der Waals surface area contributed by atoms with Crippen LogP contribution < -0.4 is 0 Å². The quantitative estimate of drug-likeness (QED) is 0.668. The van der Waals surface area contributed by atoms with Gasteiger partial charge < -0.3 is 0 Å². The molecule has 5 rings (SSSR count). The van der Waals surface area contributed by atoms with Crippen molar-refractivity contribution in [2.45, 2.75) is 88.3 Å². The lowest BCUT2D eigenvalue weighted by Gasteiger charge is -2.28. The molecule has 1 saturated heterocycles. The standard InChI is InChI=1S/C22H29NO2S/c24-19-12-18(22(25)23(19)16-9-4-2-1-3-5-10-16)26-13-17-20-14-7-6-8-15(11-14)21(17)20/h16-18H,1-13H2. The molecule has 140 valence electrons. The van der Waals surface area contributed by atoms with Crippen LogP contribution in [0.2, 0.25) is 0 Å². The van der Waals surface area contributed by atoms with Crippen LogP contribution >= 0.6 is 11.8 Å². The summed E-state index contributed by atoms with van der Waals surface area (Å²) in [6, 6.07) is 0.176. The molecule has 3 saturated carbocycles. The highest BCUT2D eigenvalue weighted by Crippen LogP contribution is 2.60. The van der Waals surface area contributed by atoms with Gasteiger partial charge >= 0.3 is 0 Å². The smallest absolute Gasteiger partial charge is 0.243 e. The highest BCUT2D eigenvalue weighted by molar-refractivity contribution is 8.00. The average molecular weight is 372 g/mol. The van der Waals surface area contributed by atoms with Crippen LogP contribution in [-0.4, -0.2) is 33.8 Å². The van der Waals surface area contributed by atoms with Crippen molar-refractivity contribution in [3.8, 4) is 0 Å². The molecule has 4 heteroatoms. The number of hydrogen-bond donors (Lipinski definition) is 0. The zero-order chi connectivity index (χ0) is 17.7. The van der Waals surface area contributed by atoms with E-state index in [1.54, 1.807) is 39.0 Å². The minimum Gasteiger partial charge on any atom is -0.278 e. The molecule has 5 aliphatic rings. The largest absolute Gasteiger partial charge is 0.278 e. The van der Waals surface area contributed by atoms with Crippen LogP contribution in [0.25, 0.3) is 0 Å². The van der Waals surface area contributed by atoms with Gasteiger partial charge in [-0.05, 0) is 49.7 Å². The summed E-state index contributed by atoms with van der Waals surface area (Å²) in [7, 11) is 0. The molecule has 1 heterocycles. The maximum absolute atomic E-state index is 12.9. The molecule has 0 aromatic rings. The molecule has 1 unspecified atom stereocenters. The number of allylic oxidation sites excluding steroid dienone is 4. The van der Waals surface area contributed by atoms with Gasteiger partial charge in [0.25, 0.3) is 0 Å². The van der Waals surface area contributed by atoms with E-state index in [-0.39, 0.29) is 23.1 Å². The van der Waals surface area contributed by atoms with Crippen molar-refractivity contribution >= 4 is 23.6 Å². The molecule has 1 aliphatic heterocycles. The lowest BCUT2D eigenvalue weighted by molar-refractivity contribution is -0.141. The molecule has 26 heavy (non-hydrogen) atoms. The van der Waals surface area contributed by atoms with Crippen molar-refractivity contribution in [2.75, 3.05) is 5.75 Å². The summed E-state index contributed by atoms with van der Waals surface area (Å²) in [5.41, 5.74) is 6.69. The zero-order valence-corrected chi connectivity index (χ0v) is 16.4. The highest BCUT2D eigenvalue weighted by Gasteiger charge is 2.48. The first-order valence-electron chi connectivity index (χ1n) is 10.7. The van der Waals surface area contributed by atoms with Crippen LogP contribution in [0.3, 0.4) is 0 Å². The fraction of sp³-hybridized carbons (Fsp3) is 0.727. The molecule has 0 aromatic carbocycles. The molecular formula is C22H29NO2S. The van der Waals surface area contributed by atoms with Crippen LogP contribution in [0.4, 0.5) is 0 Å². The molecule has 0 aromatic heterocycles. The SMILES string of the molecule is O=C1CC(SCC2C3=C4CCCC(=C32)C4)C(=O)N1C1CCCCCCC1. The molecule has 4 fully saturated rings. The van der Waals surface area contributed by atoms with Crippen LogP contribution in [0, 0.1) is 5.92 Å². The molecule has 0 N–H and O–H groups in total. The first-order chi connectivity index (χ1) is 12.7. The number of fused-ring (bicyclic) bond motifs is 3. The predicted molar refractivity (Wildman–Crippen MR) is 105 cm³/mol. The number of rotatable bonds is 4. The number of carbonyl (C=O) groups is 2. The topological polar surface area (TPSA) is 37.4 Å². The number of nitrogens with zero attached hydrogens (tertiary/aromatic N) is 1. The second-order valence-corrected chi connectivity index (χ2v) is 9.98. The third-order valence-electron chi connectivity index (χ3n) is 7.09. The number of imide groups is 1. The number of hydrogen-bond acceptors (Lipinski definition) is 3. The molecule has 2 bridgehead atoms. The minimum atomic E-state index is -0.120. The van der Waals surface area contributed by atoms with Gasteiger partial charge in [0.15, 0.2) is 0 Å². The van der Waals surface area contributed by atoms with E-state index in [0.29, 0.717) is 12.3 Å². The Morgan fingerprint density at radius 3 is 2.23 bits per heavy atom. The Bertz CT molecular complexity index is 673. The summed E-state index contributed by atoms with van der Waals surface area (Å²) in [5, 5.41) is -0.120. The van der Waals surface area contributed by atoms with Gasteiger partial charge in [0.05, 0.1) is 5.25 Å². The Balaban J connectivity index is 1.20. The van der Waals surface area contributed by atoms with Crippen molar-refractivity contribution in [1.29, 1.82) is 0 Å². The van der Waals surface area contributed by atoms with Gasteiger partial charge in [-0.25, -0.2) is 0 Å². The zero-order valence-electron chi connectivity index (χ0n) is 15.6. The maximum atomic E-state index is 12.9. The normalized spacial score (nSPS) is 30.2. The fourth-order valence-electron chi connectivity index (χ4n) is 5.76. The summed E-state index contributed by atoms with van der Waals surface area (Å²) in [5.74, 6) is 1.85. The minimum absolute atomic E-state index is 0.0926. The molecular weight excluding hydrogens is 342 g/mol. The van der Waals surface area contributed by atoms with Crippen LogP contribution in [0.1, 0.15) is 77.0 Å². The van der Waals surface area contributed by atoms with E-state index in [9.17, 15) is 9.59 Å². The Morgan fingerprint density at radius 2 is 1.54 bits per heavy atom. The van der Waals surface area contributed by atoms with Gasteiger partial charge in [0.1, 0.15) is 0 Å². The maximum Gasteiger partial charge on any atom is 0.243 e. The number of thioether (sulfide) groups is 1. The van der Waals surface area contributed by atoms with E-state index >= 15 is 0 Å². The number of amides is 2. The van der Waals surface area contributed by atoms with Crippen LogP contribution in [-0.2, 0) is 9.59 Å². The molecule has 0 radical (unpaired) electrons. The van der Waals surface area contributed by atoms with E-state index < -0.39 is 0 Å². The Kier molecular flexibility index (Phi) is 4.50. The van der Waals surface area contributed by atoms with E-state index in [1.807, 2.05) is 0 Å². The summed E-state index contributed by atoms with van der Waals surface area (Å²) < 4.78 is 0. The van der Waals surface area contributed by atoms with Crippen molar-refractivity contribution in [1.82, 2.24) is 4.90 Å². The van der Waals surface area contributed by atoms with Crippen molar-refractivity contribution in [3.63, 3.8) is 0 Å². The van der Waals surface area contributed by atoms with Gasteiger partial charge in [-0.3, -0.25) is 14.5 Å². The lowest BCUT2D eigenvalue weighted by Crippen LogP contribution is -2.41. The van der Waals surface area contributed by atoms with Gasteiger partial charge in [0, 0.05) is 24.1 Å². The van der Waals surface area contributed by atoms with Gasteiger partial charge in [-0.2, -0.15) is 0 Å². The highest BCUT2D eigenvalue weighted by atomic mass is 32.2. The molecule has 0 spiro atoms. The average Bonchev–Trinajstić information content (AvgIpc) is 3.19. The lowest BCUT2D eigenvalue weighted by atomic mass is 9.91. The summed E-state index contributed by atoms with van der Waals surface area (Å²) in [6.07, 6.45) is 13.8. The van der Waals surface area contributed by atoms with E-state index in [2.05, 4.69) is 0 Å². The summed E-state index contributed by atoms with van der Waals surface area (Å²) in [6.45, 7) is 0. The third-order valence-corrected chi connectivity index (χ3v) is 8.39. The van der Waals surface area contributed by atoms with Gasteiger partial charge in [-0.15, -0.1) is 11.8 Å².